The first-order chi connectivity index (χ1) is 15.2. The Balaban J connectivity index is 1.56. The highest BCUT2D eigenvalue weighted by Gasteiger charge is 2.11. The second-order valence-corrected chi connectivity index (χ2v) is 7.33. The molecule has 0 atom stereocenters. The van der Waals surface area contributed by atoms with Crippen molar-refractivity contribution < 1.29 is 4.79 Å². The zero-order valence-corrected chi connectivity index (χ0v) is 17.4. The molecule has 31 heavy (non-hydrogen) atoms. The zero-order valence-electron chi connectivity index (χ0n) is 17.4. The molecular weight excluding hydrogens is 384 g/mol. The molecule has 0 radical (unpaired) electrons. The lowest BCUT2D eigenvalue weighted by molar-refractivity contribution is -0.125. The quantitative estimate of drug-likeness (QED) is 0.418. The number of hydrogen-bond donors (Lipinski definition) is 0. The molecule has 5 nitrogen and oxygen atoms in total. The van der Waals surface area contributed by atoms with Gasteiger partial charge >= 0.3 is 0 Å². The first-order valence-corrected chi connectivity index (χ1v) is 10.2. The van der Waals surface area contributed by atoms with Crippen molar-refractivity contribution in [1.29, 1.82) is 0 Å². The third-order valence-corrected chi connectivity index (χ3v) is 4.93. The maximum atomic E-state index is 12.7. The van der Waals surface area contributed by atoms with Crippen LogP contribution in [0.15, 0.2) is 97.3 Å². The molecule has 4 rings (SSSR count). The fourth-order valence-electron chi connectivity index (χ4n) is 3.33. The van der Waals surface area contributed by atoms with Crippen molar-refractivity contribution in [2.24, 2.45) is 0 Å². The van der Waals surface area contributed by atoms with Crippen LogP contribution in [-0.2, 0) is 17.9 Å². The van der Waals surface area contributed by atoms with Crippen molar-refractivity contribution in [1.82, 2.24) is 19.7 Å². The predicted octanol–water partition coefficient (Wildman–Crippen LogP) is 4.67. The second-order valence-electron chi connectivity index (χ2n) is 7.33. The molecule has 5 heteroatoms. The van der Waals surface area contributed by atoms with Crippen molar-refractivity contribution in [3.05, 3.63) is 114 Å². The van der Waals surface area contributed by atoms with Crippen molar-refractivity contribution in [3.8, 4) is 11.3 Å². The van der Waals surface area contributed by atoms with Gasteiger partial charge in [-0.25, -0.2) is 0 Å². The Bertz CT molecular complexity index is 1150. The number of benzene rings is 2. The highest BCUT2D eigenvalue weighted by molar-refractivity contribution is 5.92. The Morgan fingerprint density at radius 1 is 0.968 bits per heavy atom. The summed E-state index contributed by atoms with van der Waals surface area (Å²) in [5, 5.41) is 4.80. The number of rotatable bonds is 7. The minimum atomic E-state index is -0.0829. The lowest BCUT2D eigenvalue weighted by atomic mass is 10.1. The number of carbonyl (C=O) groups is 1. The van der Waals surface area contributed by atoms with E-state index in [0.717, 1.165) is 22.5 Å². The fraction of sp³-hybridized carbons (Fsp3) is 0.115. The molecule has 1 amide bonds. The van der Waals surface area contributed by atoms with Gasteiger partial charge in [-0.05, 0) is 23.8 Å². The molecule has 2 aromatic carbocycles. The fourth-order valence-corrected chi connectivity index (χ4v) is 3.33. The predicted molar refractivity (Wildman–Crippen MR) is 123 cm³/mol. The Morgan fingerprint density at radius 2 is 1.68 bits per heavy atom. The van der Waals surface area contributed by atoms with E-state index in [2.05, 4.69) is 17.1 Å². The SMILES string of the molecule is CN(Cc1ccccn1)C(=O)/C=C/c1cn(Cc2ccccc2)nc1-c1ccccc1. The first-order valence-electron chi connectivity index (χ1n) is 10.2. The van der Waals surface area contributed by atoms with Gasteiger partial charge in [-0.2, -0.15) is 5.10 Å². The van der Waals surface area contributed by atoms with Gasteiger partial charge in [0.05, 0.1) is 24.5 Å². The van der Waals surface area contributed by atoms with Crippen LogP contribution in [-0.4, -0.2) is 32.6 Å². The zero-order chi connectivity index (χ0) is 21.5. The molecule has 0 N–H and O–H groups in total. The van der Waals surface area contributed by atoms with Crippen LogP contribution in [0.3, 0.4) is 0 Å². The van der Waals surface area contributed by atoms with Crippen LogP contribution >= 0.6 is 0 Å². The molecule has 154 valence electrons. The van der Waals surface area contributed by atoms with E-state index in [-0.39, 0.29) is 5.91 Å². The maximum absolute atomic E-state index is 12.7. The summed E-state index contributed by atoms with van der Waals surface area (Å²) in [6, 6.07) is 25.9. The summed E-state index contributed by atoms with van der Waals surface area (Å²) in [6.07, 6.45) is 7.15. The standard InChI is InChI=1S/C26H24N4O/c1-29(20-24-14-8-9-17-27-24)25(31)16-15-23-19-30(18-21-10-4-2-5-11-21)28-26(23)22-12-6-3-7-13-22/h2-17,19H,18,20H2,1H3/b16-15+. The summed E-state index contributed by atoms with van der Waals surface area (Å²) in [5.74, 6) is -0.0829. The lowest BCUT2D eigenvalue weighted by Gasteiger charge is -2.14. The largest absolute Gasteiger partial charge is 0.336 e. The summed E-state index contributed by atoms with van der Waals surface area (Å²) < 4.78 is 1.92. The monoisotopic (exact) mass is 408 g/mol. The van der Waals surface area contributed by atoms with Crippen LogP contribution in [0.4, 0.5) is 0 Å². The molecule has 2 aromatic heterocycles. The number of amides is 1. The van der Waals surface area contributed by atoms with E-state index in [0.29, 0.717) is 13.1 Å². The topological polar surface area (TPSA) is 51.0 Å². The van der Waals surface area contributed by atoms with Crippen molar-refractivity contribution in [2.45, 2.75) is 13.1 Å². The lowest BCUT2D eigenvalue weighted by Crippen LogP contribution is -2.24. The molecule has 0 aliphatic rings. The molecule has 0 spiro atoms. The summed E-state index contributed by atoms with van der Waals surface area (Å²) in [4.78, 5) is 18.6. The number of likely N-dealkylation sites (N-methyl/N-ethyl adjacent to an activating group) is 1. The maximum Gasteiger partial charge on any atom is 0.246 e. The summed E-state index contributed by atoms with van der Waals surface area (Å²) in [5.41, 5.74) is 4.80. The van der Waals surface area contributed by atoms with E-state index in [1.54, 1.807) is 24.2 Å². The van der Waals surface area contributed by atoms with Gasteiger partial charge in [0.25, 0.3) is 0 Å². The van der Waals surface area contributed by atoms with Crippen molar-refractivity contribution in [3.63, 3.8) is 0 Å². The smallest absolute Gasteiger partial charge is 0.246 e. The van der Waals surface area contributed by atoms with E-state index in [9.17, 15) is 4.79 Å². The van der Waals surface area contributed by atoms with Crippen molar-refractivity contribution in [2.75, 3.05) is 7.05 Å². The molecule has 0 saturated carbocycles. The first kappa shape index (κ1) is 20.3. The number of aromatic nitrogens is 3. The molecule has 2 heterocycles. The van der Waals surface area contributed by atoms with E-state index in [1.165, 1.54) is 5.56 Å². The Labute approximate surface area is 182 Å². The van der Waals surface area contributed by atoms with Gasteiger partial charge < -0.3 is 4.90 Å². The molecule has 0 saturated heterocycles. The Morgan fingerprint density at radius 3 is 2.39 bits per heavy atom. The van der Waals surface area contributed by atoms with Crippen LogP contribution in [0, 0.1) is 0 Å². The van der Waals surface area contributed by atoms with E-state index in [4.69, 9.17) is 5.10 Å². The Hall–Kier alpha value is -3.99. The molecule has 0 fully saturated rings. The van der Waals surface area contributed by atoms with Gasteiger partial charge in [-0.15, -0.1) is 0 Å². The number of pyridine rings is 1. The minimum Gasteiger partial charge on any atom is -0.336 e. The molecule has 0 bridgehead atoms. The molecule has 0 unspecified atom stereocenters. The highest BCUT2D eigenvalue weighted by atomic mass is 16.2. The van der Waals surface area contributed by atoms with Crippen LogP contribution < -0.4 is 0 Å². The van der Waals surface area contributed by atoms with Crippen LogP contribution in [0.25, 0.3) is 17.3 Å². The number of nitrogens with zero attached hydrogens (tertiary/aromatic N) is 4. The van der Waals surface area contributed by atoms with Gasteiger partial charge in [0.2, 0.25) is 5.91 Å². The summed E-state index contributed by atoms with van der Waals surface area (Å²) in [7, 11) is 1.78. The van der Waals surface area contributed by atoms with Gasteiger partial charge in [0.15, 0.2) is 0 Å². The third kappa shape index (κ3) is 5.34. The van der Waals surface area contributed by atoms with Gasteiger partial charge in [0, 0.05) is 36.6 Å². The van der Waals surface area contributed by atoms with Crippen molar-refractivity contribution >= 4 is 12.0 Å². The molecule has 4 aromatic rings. The van der Waals surface area contributed by atoms with Gasteiger partial charge in [0.1, 0.15) is 0 Å². The van der Waals surface area contributed by atoms with E-state index < -0.39 is 0 Å². The van der Waals surface area contributed by atoms with E-state index in [1.807, 2.05) is 83.7 Å². The number of carbonyl (C=O) groups excluding carboxylic acids is 1. The molecular formula is C26H24N4O. The normalized spacial score (nSPS) is 11.0. The molecule has 0 aliphatic carbocycles. The highest BCUT2D eigenvalue weighted by Crippen LogP contribution is 2.23. The van der Waals surface area contributed by atoms with Gasteiger partial charge in [-0.3, -0.25) is 14.5 Å². The average molecular weight is 409 g/mol. The average Bonchev–Trinajstić information content (AvgIpc) is 3.22. The molecule has 0 aliphatic heterocycles. The van der Waals surface area contributed by atoms with Crippen LogP contribution in [0.2, 0.25) is 0 Å². The second kappa shape index (κ2) is 9.67. The summed E-state index contributed by atoms with van der Waals surface area (Å²) >= 11 is 0. The third-order valence-electron chi connectivity index (χ3n) is 4.93. The van der Waals surface area contributed by atoms with Crippen LogP contribution in [0.5, 0.6) is 0 Å². The van der Waals surface area contributed by atoms with Crippen LogP contribution in [0.1, 0.15) is 16.8 Å². The van der Waals surface area contributed by atoms with E-state index >= 15 is 0 Å². The number of hydrogen-bond acceptors (Lipinski definition) is 3. The minimum absolute atomic E-state index is 0.0829. The Kier molecular flexibility index (Phi) is 6.33. The van der Waals surface area contributed by atoms with Gasteiger partial charge in [-0.1, -0.05) is 66.7 Å². The summed E-state index contributed by atoms with van der Waals surface area (Å²) in [6.45, 7) is 1.13.